The summed E-state index contributed by atoms with van der Waals surface area (Å²) in [5.41, 5.74) is 5.37. The van der Waals surface area contributed by atoms with Gasteiger partial charge in [-0.3, -0.25) is 14.7 Å². The number of hydrogen-bond acceptors (Lipinski definition) is 3. The Morgan fingerprint density at radius 1 is 1.09 bits per heavy atom. The second kappa shape index (κ2) is 6.43. The molecule has 0 bridgehead atoms. The molecule has 2 aromatic rings. The van der Waals surface area contributed by atoms with Crippen molar-refractivity contribution in [2.75, 3.05) is 5.32 Å². The van der Waals surface area contributed by atoms with Crippen molar-refractivity contribution in [3.8, 4) is 11.3 Å². The summed E-state index contributed by atoms with van der Waals surface area (Å²) in [4.78, 5) is 22.0. The fourth-order valence-electron chi connectivity index (χ4n) is 2.20. The van der Waals surface area contributed by atoms with Crippen molar-refractivity contribution in [1.82, 2.24) is 10.2 Å². The van der Waals surface area contributed by atoms with Gasteiger partial charge in [-0.15, -0.1) is 0 Å². The molecule has 116 valence electrons. The first-order valence-corrected chi connectivity index (χ1v) is 7.02. The monoisotopic (exact) mass is 301 g/mol. The Morgan fingerprint density at radius 3 is 2.45 bits per heavy atom. The van der Waals surface area contributed by atoms with Crippen LogP contribution in [0.1, 0.15) is 29.5 Å². The van der Waals surface area contributed by atoms with Gasteiger partial charge in [0.1, 0.15) is 0 Å². The molecule has 3 N–H and O–H groups in total. The number of aryl methyl sites for hydroxylation is 3. The van der Waals surface area contributed by atoms with Crippen LogP contribution in [0, 0.1) is 20.8 Å². The van der Waals surface area contributed by atoms with Gasteiger partial charge in [-0.1, -0.05) is 6.07 Å². The van der Waals surface area contributed by atoms with Crippen LogP contribution in [0.15, 0.2) is 18.2 Å². The largest absolute Gasteiger partial charge is 0.481 e. The van der Waals surface area contributed by atoms with Gasteiger partial charge in [0.25, 0.3) is 0 Å². The standard InChI is InChI=1S/C16H19N3O3/c1-9-6-11(3)12(7-10(9)2)13-8-14(19-18-13)17-15(20)4-5-16(21)22/h6-8H,4-5H2,1-3H3,(H,21,22)(H2,17,18,19,20). The number of anilines is 1. The number of aromatic amines is 1. The molecule has 1 aromatic heterocycles. The van der Waals surface area contributed by atoms with E-state index in [0.29, 0.717) is 5.82 Å². The second-order valence-electron chi connectivity index (χ2n) is 5.36. The lowest BCUT2D eigenvalue weighted by molar-refractivity contribution is -0.138. The van der Waals surface area contributed by atoms with Crippen molar-refractivity contribution in [2.24, 2.45) is 0 Å². The van der Waals surface area contributed by atoms with Crippen molar-refractivity contribution in [1.29, 1.82) is 0 Å². The number of carboxylic acid groups (broad SMARTS) is 1. The van der Waals surface area contributed by atoms with E-state index in [1.54, 1.807) is 6.07 Å². The van der Waals surface area contributed by atoms with E-state index < -0.39 is 5.97 Å². The molecule has 22 heavy (non-hydrogen) atoms. The predicted molar refractivity (Wildman–Crippen MR) is 83.7 cm³/mol. The highest BCUT2D eigenvalue weighted by Crippen LogP contribution is 2.26. The highest BCUT2D eigenvalue weighted by molar-refractivity contribution is 5.92. The molecule has 0 radical (unpaired) electrons. The van der Waals surface area contributed by atoms with Crippen molar-refractivity contribution < 1.29 is 14.7 Å². The third-order valence-corrected chi connectivity index (χ3v) is 3.54. The molecule has 2 rings (SSSR count). The lowest BCUT2D eigenvalue weighted by atomic mass is 9.99. The van der Waals surface area contributed by atoms with E-state index in [4.69, 9.17) is 5.11 Å². The Bertz CT molecular complexity index is 719. The van der Waals surface area contributed by atoms with Gasteiger partial charge in [0.2, 0.25) is 5.91 Å². The molecular formula is C16H19N3O3. The zero-order valence-electron chi connectivity index (χ0n) is 12.9. The Kier molecular flexibility index (Phi) is 4.60. The molecule has 0 saturated heterocycles. The summed E-state index contributed by atoms with van der Waals surface area (Å²) in [6.45, 7) is 6.13. The summed E-state index contributed by atoms with van der Waals surface area (Å²) in [5, 5.41) is 18.1. The fourth-order valence-corrected chi connectivity index (χ4v) is 2.20. The molecule has 0 unspecified atom stereocenters. The van der Waals surface area contributed by atoms with Crippen LogP contribution >= 0.6 is 0 Å². The molecule has 0 aliphatic rings. The topological polar surface area (TPSA) is 95.1 Å². The van der Waals surface area contributed by atoms with Gasteiger partial charge >= 0.3 is 5.97 Å². The quantitative estimate of drug-likeness (QED) is 0.791. The van der Waals surface area contributed by atoms with Gasteiger partial charge in [0.05, 0.1) is 12.1 Å². The van der Waals surface area contributed by atoms with Crippen LogP contribution in [0.5, 0.6) is 0 Å². The van der Waals surface area contributed by atoms with E-state index in [9.17, 15) is 9.59 Å². The number of carbonyl (C=O) groups is 2. The Hall–Kier alpha value is -2.63. The maximum Gasteiger partial charge on any atom is 0.303 e. The van der Waals surface area contributed by atoms with Crippen molar-refractivity contribution >= 4 is 17.7 Å². The molecule has 0 aliphatic heterocycles. The van der Waals surface area contributed by atoms with Crippen LogP contribution in [0.4, 0.5) is 5.82 Å². The fraction of sp³-hybridized carbons (Fsp3) is 0.312. The van der Waals surface area contributed by atoms with Gasteiger partial charge < -0.3 is 10.4 Å². The lowest BCUT2D eigenvalue weighted by Crippen LogP contribution is -2.13. The second-order valence-corrected chi connectivity index (χ2v) is 5.36. The van der Waals surface area contributed by atoms with Gasteiger partial charge in [-0.05, 0) is 43.5 Å². The molecule has 1 heterocycles. The Balaban J connectivity index is 2.13. The van der Waals surface area contributed by atoms with Crippen LogP contribution in [-0.2, 0) is 9.59 Å². The summed E-state index contributed by atoms with van der Waals surface area (Å²) < 4.78 is 0. The molecule has 1 amide bonds. The molecule has 6 nitrogen and oxygen atoms in total. The van der Waals surface area contributed by atoms with Gasteiger partial charge in [-0.25, -0.2) is 0 Å². The van der Waals surface area contributed by atoms with Crippen molar-refractivity contribution in [3.63, 3.8) is 0 Å². The predicted octanol–water partition coefficient (Wildman–Crippen LogP) is 2.81. The number of nitrogens with zero attached hydrogens (tertiary/aromatic N) is 1. The molecular weight excluding hydrogens is 282 g/mol. The van der Waals surface area contributed by atoms with Crippen LogP contribution in [0.25, 0.3) is 11.3 Å². The number of H-pyrrole nitrogens is 1. The smallest absolute Gasteiger partial charge is 0.303 e. The number of rotatable bonds is 5. The van der Waals surface area contributed by atoms with Crippen LogP contribution in [-0.4, -0.2) is 27.2 Å². The van der Waals surface area contributed by atoms with Gasteiger partial charge in [0, 0.05) is 18.1 Å². The first kappa shape index (κ1) is 15.8. The molecule has 0 aliphatic carbocycles. The average molecular weight is 301 g/mol. The molecule has 0 spiro atoms. The number of nitrogens with one attached hydrogen (secondary N) is 2. The molecule has 1 aromatic carbocycles. The van der Waals surface area contributed by atoms with Crippen LogP contribution in [0.3, 0.4) is 0 Å². The lowest BCUT2D eigenvalue weighted by Gasteiger charge is -2.07. The minimum absolute atomic E-state index is 0.0693. The van der Waals surface area contributed by atoms with Gasteiger partial charge in [0.15, 0.2) is 5.82 Å². The first-order chi connectivity index (χ1) is 10.4. The van der Waals surface area contributed by atoms with Crippen LogP contribution in [0.2, 0.25) is 0 Å². The molecule has 6 heteroatoms. The van der Waals surface area contributed by atoms with Crippen LogP contribution < -0.4 is 5.32 Å². The zero-order chi connectivity index (χ0) is 16.3. The summed E-state index contributed by atoms with van der Waals surface area (Å²) in [6.07, 6.45) is -0.264. The van der Waals surface area contributed by atoms with E-state index >= 15 is 0 Å². The highest BCUT2D eigenvalue weighted by Gasteiger charge is 2.11. The number of aromatic nitrogens is 2. The number of carboxylic acids is 1. The normalized spacial score (nSPS) is 10.5. The summed E-state index contributed by atoms with van der Waals surface area (Å²) >= 11 is 0. The molecule has 0 atom stereocenters. The number of hydrogen-bond donors (Lipinski definition) is 3. The maximum absolute atomic E-state index is 11.6. The van der Waals surface area contributed by atoms with Gasteiger partial charge in [-0.2, -0.15) is 5.10 Å². The summed E-state index contributed by atoms with van der Waals surface area (Å²) in [6, 6.07) is 5.93. The van der Waals surface area contributed by atoms with E-state index in [-0.39, 0.29) is 18.7 Å². The van der Waals surface area contributed by atoms with E-state index in [1.807, 2.05) is 13.8 Å². The Labute approximate surface area is 128 Å². The summed E-state index contributed by atoms with van der Waals surface area (Å²) in [5.74, 6) is -0.969. The highest BCUT2D eigenvalue weighted by atomic mass is 16.4. The third-order valence-electron chi connectivity index (χ3n) is 3.54. The number of benzene rings is 1. The van der Waals surface area contributed by atoms with E-state index in [0.717, 1.165) is 16.8 Å². The van der Waals surface area contributed by atoms with E-state index in [1.165, 1.54) is 11.1 Å². The Morgan fingerprint density at radius 2 is 1.77 bits per heavy atom. The van der Waals surface area contributed by atoms with Crippen molar-refractivity contribution in [3.05, 3.63) is 34.9 Å². The number of amides is 1. The zero-order valence-corrected chi connectivity index (χ0v) is 12.9. The first-order valence-electron chi connectivity index (χ1n) is 7.02. The molecule has 0 fully saturated rings. The maximum atomic E-state index is 11.6. The van der Waals surface area contributed by atoms with E-state index in [2.05, 4.69) is 34.6 Å². The number of aliphatic carboxylic acids is 1. The minimum Gasteiger partial charge on any atom is -0.481 e. The number of carbonyl (C=O) groups excluding carboxylic acids is 1. The van der Waals surface area contributed by atoms with Crippen molar-refractivity contribution in [2.45, 2.75) is 33.6 Å². The summed E-state index contributed by atoms with van der Waals surface area (Å²) in [7, 11) is 0. The third kappa shape index (κ3) is 3.72. The average Bonchev–Trinajstić information content (AvgIpc) is 2.89. The SMILES string of the molecule is Cc1cc(C)c(-c2cc(NC(=O)CCC(=O)O)n[nH]2)cc1C. The minimum atomic E-state index is -0.997. The molecule has 0 saturated carbocycles.